The molecule has 0 radical (unpaired) electrons. The smallest absolute Gasteiger partial charge is 0.240 e. The number of anilines is 1. The van der Waals surface area contributed by atoms with Gasteiger partial charge in [0.2, 0.25) is 11.8 Å². The molecule has 0 aliphatic heterocycles. The van der Waals surface area contributed by atoms with E-state index >= 15 is 0 Å². The fourth-order valence-electron chi connectivity index (χ4n) is 2.65. The first-order chi connectivity index (χ1) is 10.9. The van der Waals surface area contributed by atoms with Crippen LogP contribution in [-0.2, 0) is 9.59 Å². The summed E-state index contributed by atoms with van der Waals surface area (Å²) >= 11 is 0. The lowest BCUT2D eigenvalue weighted by molar-refractivity contribution is -0.142. The predicted molar refractivity (Wildman–Crippen MR) is 83.8 cm³/mol. The van der Waals surface area contributed by atoms with Gasteiger partial charge < -0.3 is 10.2 Å². The van der Waals surface area contributed by atoms with E-state index in [0.29, 0.717) is 25.9 Å². The van der Waals surface area contributed by atoms with E-state index in [2.05, 4.69) is 5.32 Å². The van der Waals surface area contributed by atoms with Gasteiger partial charge in [0.05, 0.1) is 0 Å². The lowest BCUT2D eigenvalue weighted by atomic mass is 10.0. The molecule has 1 aliphatic carbocycles. The third kappa shape index (κ3) is 3.68. The van der Waals surface area contributed by atoms with E-state index in [1.165, 1.54) is 6.07 Å². The lowest BCUT2D eigenvalue weighted by Gasteiger charge is -2.26. The summed E-state index contributed by atoms with van der Waals surface area (Å²) in [7, 11) is 0. The van der Waals surface area contributed by atoms with Crippen LogP contribution >= 0.6 is 0 Å². The van der Waals surface area contributed by atoms with Crippen molar-refractivity contribution in [3.8, 4) is 0 Å². The number of nitrogens with one attached hydrogen (secondary N) is 1. The molecular formula is C17H22F2N2O2. The summed E-state index contributed by atoms with van der Waals surface area (Å²) in [5.74, 6) is -2.61. The largest absolute Gasteiger partial charge is 0.342 e. The van der Waals surface area contributed by atoms with Crippen molar-refractivity contribution in [3.05, 3.63) is 29.8 Å². The van der Waals surface area contributed by atoms with Crippen molar-refractivity contribution in [2.24, 2.45) is 5.41 Å². The van der Waals surface area contributed by atoms with Gasteiger partial charge in [-0.2, -0.15) is 0 Å². The number of halogens is 2. The summed E-state index contributed by atoms with van der Waals surface area (Å²) in [6.07, 6.45) is 2.63. The molecule has 4 nitrogen and oxygen atoms in total. The van der Waals surface area contributed by atoms with Crippen LogP contribution in [0.15, 0.2) is 18.2 Å². The zero-order valence-electron chi connectivity index (χ0n) is 13.5. The Bertz CT molecular complexity index is 594. The Labute approximate surface area is 134 Å². The molecule has 1 saturated carbocycles. The second-order valence-corrected chi connectivity index (χ2v) is 5.96. The predicted octanol–water partition coefficient (Wildman–Crippen LogP) is 3.33. The Morgan fingerprint density at radius 3 is 2.22 bits per heavy atom. The molecule has 23 heavy (non-hydrogen) atoms. The molecule has 1 N–H and O–H groups in total. The second-order valence-electron chi connectivity index (χ2n) is 5.96. The monoisotopic (exact) mass is 324 g/mol. The molecule has 1 aliphatic rings. The summed E-state index contributed by atoms with van der Waals surface area (Å²) in [6, 6.07) is 3.16. The van der Waals surface area contributed by atoms with Crippen LogP contribution in [0.3, 0.4) is 0 Å². The normalized spacial score (nSPS) is 15.1. The summed E-state index contributed by atoms with van der Waals surface area (Å²) in [4.78, 5) is 26.9. The maximum atomic E-state index is 13.2. The number of carbonyl (C=O) groups excluding carboxylic acids is 2. The summed E-state index contributed by atoms with van der Waals surface area (Å²) < 4.78 is 26.2. The van der Waals surface area contributed by atoms with Crippen LogP contribution in [0, 0.1) is 17.0 Å². The van der Waals surface area contributed by atoms with Crippen LogP contribution in [0.1, 0.15) is 39.5 Å². The molecule has 0 atom stereocenters. The molecule has 6 heteroatoms. The van der Waals surface area contributed by atoms with E-state index < -0.39 is 23.0 Å². The fourth-order valence-corrected chi connectivity index (χ4v) is 2.65. The molecule has 1 aromatic carbocycles. The van der Waals surface area contributed by atoms with Gasteiger partial charge >= 0.3 is 0 Å². The SMILES string of the molecule is CCCN(CCC)C(=O)C1(C(=O)Nc2ccc(F)c(F)c2)CC1. The van der Waals surface area contributed by atoms with Crippen molar-refractivity contribution in [1.82, 2.24) is 4.90 Å². The number of carbonyl (C=O) groups is 2. The highest BCUT2D eigenvalue weighted by Gasteiger charge is 2.57. The third-order valence-corrected chi connectivity index (χ3v) is 4.05. The molecule has 1 aromatic rings. The minimum atomic E-state index is -1.05. The minimum Gasteiger partial charge on any atom is -0.342 e. The summed E-state index contributed by atoms with van der Waals surface area (Å²) in [5.41, 5.74) is -0.889. The van der Waals surface area contributed by atoms with E-state index in [1.807, 2.05) is 13.8 Å². The van der Waals surface area contributed by atoms with Crippen molar-refractivity contribution in [3.63, 3.8) is 0 Å². The van der Waals surface area contributed by atoms with Crippen molar-refractivity contribution in [2.45, 2.75) is 39.5 Å². The molecule has 0 spiro atoms. The average Bonchev–Trinajstić information content (AvgIpc) is 3.32. The highest BCUT2D eigenvalue weighted by Crippen LogP contribution is 2.48. The molecule has 0 bridgehead atoms. The Hall–Kier alpha value is -1.98. The number of nitrogens with zero attached hydrogens (tertiary/aromatic N) is 1. The van der Waals surface area contributed by atoms with Gasteiger partial charge in [-0.1, -0.05) is 13.8 Å². The van der Waals surface area contributed by atoms with Gasteiger partial charge in [-0.25, -0.2) is 8.78 Å². The fraction of sp³-hybridized carbons (Fsp3) is 0.529. The van der Waals surface area contributed by atoms with E-state index in [0.717, 1.165) is 25.0 Å². The van der Waals surface area contributed by atoms with Gasteiger partial charge in [-0.3, -0.25) is 9.59 Å². The first-order valence-corrected chi connectivity index (χ1v) is 8.00. The molecule has 2 amide bonds. The van der Waals surface area contributed by atoms with E-state index in [1.54, 1.807) is 4.90 Å². The molecule has 0 aromatic heterocycles. The molecule has 0 heterocycles. The molecule has 126 valence electrons. The first kappa shape index (κ1) is 17.4. The zero-order chi connectivity index (χ0) is 17.0. The van der Waals surface area contributed by atoms with Crippen LogP contribution < -0.4 is 5.32 Å². The minimum absolute atomic E-state index is 0.158. The molecular weight excluding hydrogens is 302 g/mol. The standard InChI is InChI=1S/C17H22F2N2O2/c1-3-9-21(10-4-2)16(23)17(7-8-17)15(22)20-12-5-6-13(18)14(19)11-12/h5-6,11H,3-4,7-10H2,1-2H3,(H,20,22). The number of amides is 2. The third-order valence-electron chi connectivity index (χ3n) is 4.05. The van der Waals surface area contributed by atoms with Crippen molar-refractivity contribution < 1.29 is 18.4 Å². The van der Waals surface area contributed by atoms with Crippen LogP contribution in [0.5, 0.6) is 0 Å². The Morgan fingerprint density at radius 1 is 1.13 bits per heavy atom. The number of benzene rings is 1. The van der Waals surface area contributed by atoms with Crippen LogP contribution in [-0.4, -0.2) is 29.8 Å². The van der Waals surface area contributed by atoms with Crippen molar-refractivity contribution in [1.29, 1.82) is 0 Å². The number of rotatable bonds is 7. The first-order valence-electron chi connectivity index (χ1n) is 8.00. The molecule has 0 unspecified atom stereocenters. The molecule has 0 saturated heterocycles. The van der Waals surface area contributed by atoms with Gasteiger partial charge in [0.15, 0.2) is 11.6 Å². The van der Waals surface area contributed by atoms with E-state index in [-0.39, 0.29) is 11.6 Å². The molecule has 1 fully saturated rings. The summed E-state index contributed by atoms with van der Waals surface area (Å²) in [6.45, 7) is 5.20. The van der Waals surface area contributed by atoms with Crippen LogP contribution in [0.4, 0.5) is 14.5 Å². The molecule has 2 rings (SSSR count). The second kappa shape index (κ2) is 7.06. The Morgan fingerprint density at radius 2 is 1.74 bits per heavy atom. The maximum Gasteiger partial charge on any atom is 0.240 e. The maximum absolute atomic E-state index is 13.2. The summed E-state index contributed by atoms with van der Waals surface area (Å²) in [5, 5.41) is 2.54. The van der Waals surface area contributed by atoms with Crippen LogP contribution in [0.25, 0.3) is 0 Å². The highest BCUT2D eigenvalue weighted by atomic mass is 19.2. The van der Waals surface area contributed by atoms with Gasteiger partial charge in [0.1, 0.15) is 5.41 Å². The quantitative estimate of drug-likeness (QED) is 0.782. The Kier molecular flexibility index (Phi) is 5.34. The van der Waals surface area contributed by atoms with Gasteiger partial charge in [0, 0.05) is 24.8 Å². The van der Waals surface area contributed by atoms with Crippen molar-refractivity contribution >= 4 is 17.5 Å². The number of hydrogen-bond donors (Lipinski definition) is 1. The van der Waals surface area contributed by atoms with Gasteiger partial charge in [-0.05, 0) is 37.8 Å². The lowest BCUT2D eigenvalue weighted by Crippen LogP contribution is -2.43. The average molecular weight is 324 g/mol. The van der Waals surface area contributed by atoms with Gasteiger partial charge in [0.25, 0.3) is 0 Å². The van der Waals surface area contributed by atoms with Gasteiger partial charge in [-0.15, -0.1) is 0 Å². The van der Waals surface area contributed by atoms with Crippen molar-refractivity contribution in [2.75, 3.05) is 18.4 Å². The topological polar surface area (TPSA) is 49.4 Å². The highest BCUT2D eigenvalue weighted by molar-refractivity contribution is 6.13. The zero-order valence-corrected chi connectivity index (χ0v) is 13.5. The van der Waals surface area contributed by atoms with E-state index in [4.69, 9.17) is 0 Å². The van der Waals surface area contributed by atoms with Crippen LogP contribution in [0.2, 0.25) is 0 Å². The number of hydrogen-bond acceptors (Lipinski definition) is 2. The Balaban J connectivity index is 2.10. The van der Waals surface area contributed by atoms with E-state index in [9.17, 15) is 18.4 Å².